The van der Waals surface area contributed by atoms with Crippen LogP contribution in [0.1, 0.15) is 0 Å². The second-order valence-corrected chi connectivity index (χ2v) is 6.81. The van der Waals surface area contributed by atoms with Crippen LogP contribution >= 0.6 is 47.8 Å². The van der Waals surface area contributed by atoms with Gasteiger partial charge in [-0.15, -0.1) is 0 Å². The van der Waals surface area contributed by atoms with Gasteiger partial charge in [0.25, 0.3) is 0 Å². The highest BCUT2D eigenvalue weighted by Gasteiger charge is 2.16. The number of furan rings is 1. The first-order valence-electron chi connectivity index (χ1n) is 6.30. The van der Waals surface area contributed by atoms with E-state index < -0.39 is 0 Å². The van der Waals surface area contributed by atoms with Crippen LogP contribution in [0.5, 0.6) is 0 Å². The fourth-order valence-electron chi connectivity index (χ4n) is 2.39. The van der Waals surface area contributed by atoms with E-state index in [4.69, 9.17) is 4.42 Å². The minimum atomic E-state index is 0.480. The number of nitrogens with zero attached hydrogens (tertiary/aromatic N) is 3. The second kappa shape index (κ2) is 5.40. The molecule has 7 heteroatoms. The number of hydrogen-bond donors (Lipinski definition) is 0. The van der Waals surface area contributed by atoms with E-state index in [2.05, 4.69) is 62.7 Å². The average molecular weight is 484 g/mol. The van der Waals surface area contributed by atoms with Gasteiger partial charge in [-0.1, -0.05) is 18.2 Å². The summed E-state index contributed by atoms with van der Waals surface area (Å²) >= 11 is 10.3. The number of rotatable bonds is 1. The molecule has 0 aliphatic carbocycles. The van der Waals surface area contributed by atoms with Gasteiger partial charge >= 0.3 is 0 Å². The maximum atomic E-state index is 5.87. The standard InChI is InChI=1S/C15H6Br3N3O/c16-12-8(13-19-14(17)21-15(18)20-13)5-6-10-11(12)7-3-1-2-4-9(7)22-10/h1-6H. The van der Waals surface area contributed by atoms with E-state index in [1.807, 2.05) is 36.4 Å². The molecule has 4 nitrogen and oxygen atoms in total. The van der Waals surface area contributed by atoms with Crippen molar-refractivity contribution in [1.29, 1.82) is 0 Å². The summed E-state index contributed by atoms with van der Waals surface area (Å²) in [6.45, 7) is 0. The minimum Gasteiger partial charge on any atom is -0.456 e. The largest absolute Gasteiger partial charge is 0.456 e. The van der Waals surface area contributed by atoms with Gasteiger partial charge < -0.3 is 4.42 Å². The maximum absolute atomic E-state index is 5.87. The first-order chi connectivity index (χ1) is 10.6. The van der Waals surface area contributed by atoms with Crippen molar-refractivity contribution in [3.63, 3.8) is 0 Å². The molecule has 4 aromatic rings. The summed E-state index contributed by atoms with van der Waals surface area (Å²) in [5, 5.41) is 2.07. The highest BCUT2D eigenvalue weighted by atomic mass is 79.9. The molecule has 4 rings (SSSR count). The highest BCUT2D eigenvalue weighted by Crippen LogP contribution is 2.39. The van der Waals surface area contributed by atoms with Crippen molar-refractivity contribution in [3.8, 4) is 11.4 Å². The van der Waals surface area contributed by atoms with Crippen LogP contribution in [0.2, 0.25) is 0 Å². The van der Waals surface area contributed by atoms with Crippen LogP contribution in [0.4, 0.5) is 0 Å². The van der Waals surface area contributed by atoms with Crippen LogP contribution in [0.3, 0.4) is 0 Å². The third-order valence-electron chi connectivity index (χ3n) is 3.30. The van der Waals surface area contributed by atoms with Gasteiger partial charge in [-0.05, 0) is 66.0 Å². The Hall–Kier alpha value is -1.31. The van der Waals surface area contributed by atoms with E-state index in [1.165, 1.54) is 0 Å². The summed E-state index contributed by atoms with van der Waals surface area (Å²) in [5.74, 6) is 0.577. The Balaban J connectivity index is 2.07. The molecule has 2 heterocycles. The molecule has 0 aliphatic heterocycles. The molecule has 0 bridgehead atoms. The zero-order chi connectivity index (χ0) is 15.3. The van der Waals surface area contributed by atoms with Crippen molar-refractivity contribution in [2.45, 2.75) is 0 Å². The Morgan fingerprint density at radius 1 is 0.773 bits per heavy atom. The first-order valence-corrected chi connectivity index (χ1v) is 8.68. The van der Waals surface area contributed by atoms with Gasteiger partial charge in [-0.2, -0.15) is 4.98 Å². The summed E-state index contributed by atoms with van der Waals surface area (Å²) in [4.78, 5) is 12.7. The van der Waals surface area contributed by atoms with Crippen molar-refractivity contribution < 1.29 is 4.42 Å². The van der Waals surface area contributed by atoms with Gasteiger partial charge in [-0.3, -0.25) is 0 Å². The first kappa shape index (κ1) is 14.3. The lowest BCUT2D eigenvalue weighted by Gasteiger charge is -2.05. The lowest BCUT2D eigenvalue weighted by Crippen LogP contribution is -1.95. The lowest BCUT2D eigenvalue weighted by molar-refractivity contribution is 0.669. The molecule has 0 saturated carbocycles. The van der Waals surface area contributed by atoms with Crippen molar-refractivity contribution >= 4 is 69.7 Å². The number of aromatic nitrogens is 3. The van der Waals surface area contributed by atoms with Crippen molar-refractivity contribution in [2.75, 3.05) is 0 Å². The van der Waals surface area contributed by atoms with Gasteiger partial charge in [0.1, 0.15) is 11.2 Å². The normalized spacial score (nSPS) is 11.4. The number of hydrogen-bond acceptors (Lipinski definition) is 4. The van der Waals surface area contributed by atoms with Crippen LogP contribution in [0.15, 0.2) is 54.8 Å². The Labute approximate surface area is 150 Å². The summed E-state index contributed by atoms with van der Waals surface area (Å²) < 4.78 is 7.73. The smallest absolute Gasteiger partial charge is 0.201 e. The average Bonchev–Trinajstić information content (AvgIpc) is 2.85. The van der Waals surface area contributed by atoms with Crippen LogP contribution in [0, 0.1) is 0 Å². The van der Waals surface area contributed by atoms with E-state index in [1.54, 1.807) is 0 Å². The Bertz CT molecular complexity index is 1010. The summed E-state index contributed by atoms with van der Waals surface area (Å²) in [6, 6.07) is 11.8. The van der Waals surface area contributed by atoms with E-state index in [-0.39, 0.29) is 0 Å². The van der Waals surface area contributed by atoms with E-state index in [0.717, 1.165) is 32.0 Å². The zero-order valence-electron chi connectivity index (χ0n) is 10.8. The molecule has 0 radical (unpaired) electrons. The Morgan fingerprint density at radius 2 is 1.50 bits per heavy atom. The van der Waals surface area contributed by atoms with Crippen LogP contribution in [-0.4, -0.2) is 15.0 Å². The molecule has 0 spiro atoms. The number of benzene rings is 2. The van der Waals surface area contributed by atoms with Crippen molar-refractivity contribution in [1.82, 2.24) is 15.0 Å². The molecule has 22 heavy (non-hydrogen) atoms. The molecule has 0 atom stereocenters. The predicted molar refractivity (Wildman–Crippen MR) is 95.6 cm³/mol. The van der Waals surface area contributed by atoms with Gasteiger partial charge in [0.05, 0.1) is 0 Å². The summed E-state index contributed by atoms with van der Waals surface area (Å²) in [5.41, 5.74) is 2.56. The van der Waals surface area contributed by atoms with E-state index >= 15 is 0 Å². The molecule has 0 amide bonds. The maximum Gasteiger partial charge on any atom is 0.201 e. The molecular weight excluding hydrogens is 478 g/mol. The monoisotopic (exact) mass is 481 g/mol. The molecule has 2 aromatic heterocycles. The van der Waals surface area contributed by atoms with Crippen LogP contribution in [-0.2, 0) is 0 Å². The SMILES string of the molecule is Brc1nc(Br)nc(-c2ccc3oc4ccccc4c3c2Br)n1. The van der Waals surface area contributed by atoms with E-state index in [9.17, 15) is 0 Å². The third kappa shape index (κ3) is 2.28. The molecule has 0 N–H and O–H groups in total. The third-order valence-corrected chi connectivity index (χ3v) is 4.83. The van der Waals surface area contributed by atoms with Crippen LogP contribution < -0.4 is 0 Å². The fourth-order valence-corrected chi connectivity index (χ4v) is 4.02. The molecule has 2 aromatic carbocycles. The minimum absolute atomic E-state index is 0.480. The highest BCUT2D eigenvalue weighted by molar-refractivity contribution is 9.11. The van der Waals surface area contributed by atoms with Crippen molar-refractivity contribution in [3.05, 3.63) is 50.3 Å². The Kier molecular flexibility index (Phi) is 3.51. The lowest BCUT2D eigenvalue weighted by atomic mass is 10.1. The number of fused-ring (bicyclic) bond motifs is 3. The molecule has 108 valence electrons. The Morgan fingerprint density at radius 3 is 2.27 bits per heavy atom. The van der Waals surface area contributed by atoms with Gasteiger partial charge in [-0.25, -0.2) is 9.97 Å². The van der Waals surface area contributed by atoms with Gasteiger partial charge in [0, 0.05) is 20.8 Å². The molecule has 0 saturated heterocycles. The predicted octanol–water partition coefficient (Wildman–Crippen LogP) is 5.73. The summed E-state index contributed by atoms with van der Waals surface area (Å²) in [6.07, 6.45) is 0. The summed E-state index contributed by atoms with van der Waals surface area (Å²) in [7, 11) is 0. The quantitative estimate of drug-likeness (QED) is 0.347. The van der Waals surface area contributed by atoms with Gasteiger partial charge in [0.2, 0.25) is 9.47 Å². The van der Waals surface area contributed by atoms with Crippen LogP contribution in [0.25, 0.3) is 33.3 Å². The van der Waals surface area contributed by atoms with Crippen molar-refractivity contribution in [2.24, 2.45) is 0 Å². The molecule has 0 aliphatic rings. The molecule has 0 fully saturated rings. The molecular formula is C15H6Br3N3O. The number of para-hydroxylation sites is 1. The second-order valence-electron chi connectivity index (χ2n) is 4.60. The fraction of sp³-hybridized carbons (Fsp3) is 0. The molecule has 0 unspecified atom stereocenters. The number of halogens is 3. The zero-order valence-corrected chi connectivity index (χ0v) is 15.6. The van der Waals surface area contributed by atoms with E-state index in [0.29, 0.717) is 15.3 Å². The topological polar surface area (TPSA) is 51.8 Å². The van der Waals surface area contributed by atoms with Gasteiger partial charge in [0.15, 0.2) is 5.82 Å².